The van der Waals surface area contributed by atoms with Crippen LogP contribution in [0.15, 0.2) is 73.1 Å². The molecule has 0 aliphatic rings. The Hall–Kier alpha value is -3.03. The van der Waals surface area contributed by atoms with Crippen LogP contribution in [0, 0.1) is 0 Å². The average molecular weight is 422 g/mol. The first-order valence-electron chi connectivity index (χ1n) is 9.89. The second-order valence-electron chi connectivity index (χ2n) is 8.08. The molecule has 0 spiro atoms. The molecule has 1 amide bonds. The molecule has 0 bridgehead atoms. The molecule has 0 saturated carbocycles. The molecule has 0 aliphatic carbocycles. The molecule has 1 aromatic heterocycles. The zero-order chi connectivity index (χ0) is 21.6. The molecule has 1 heterocycles. The van der Waals surface area contributed by atoms with Crippen LogP contribution in [-0.2, 0) is 10.8 Å². The van der Waals surface area contributed by atoms with Gasteiger partial charge in [0.2, 0.25) is 0 Å². The molecular formula is C23H27N3O3Si. The first-order chi connectivity index (χ1) is 14.3. The molecular weight excluding hydrogens is 394 g/mol. The van der Waals surface area contributed by atoms with Crippen molar-refractivity contribution in [1.82, 2.24) is 9.97 Å². The minimum Gasteiger partial charge on any atom is -0.465 e. The normalized spacial score (nSPS) is 11.8. The highest BCUT2D eigenvalue weighted by atomic mass is 28.4. The summed E-state index contributed by atoms with van der Waals surface area (Å²) in [5, 5.41) is 13.4. The number of hydrogen-bond acceptors (Lipinski definition) is 4. The quantitative estimate of drug-likeness (QED) is 0.569. The Morgan fingerprint density at radius 3 is 1.90 bits per heavy atom. The van der Waals surface area contributed by atoms with Gasteiger partial charge >= 0.3 is 6.09 Å². The zero-order valence-electron chi connectivity index (χ0n) is 17.5. The summed E-state index contributed by atoms with van der Waals surface area (Å²) in [4.78, 5) is 19.2. The molecule has 0 aliphatic heterocycles. The highest BCUT2D eigenvalue weighted by molar-refractivity contribution is 6.99. The number of nitrogens with one attached hydrogen (secondary N) is 1. The second-order valence-corrected chi connectivity index (χ2v) is 12.4. The number of carbonyl (C=O) groups is 1. The minimum atomic E-state index is -2.58. The standard InChI is InChI=1S/C23H27N3O3Si/c1-23(2,3)30(19-10-6-4-7-11-19,20-12-8-5-9-13-20)29-15-14-21-24-16-18(17-25-21)26-22(27)28/h4-13,16-17,26H,14-15H2,1-3H3,(H,27,28). The largest absolute Gasteiger partial charge is 0.465 e. The lowest BCUT2D eigenvalue weighted by molar-refractivity contribution is 0.209. The number of nitrogens with zero attached hydrogens (tertiary/aromatic N) is 2. The molecule has 7 heteroatoms. The van der Waals surface area contributed by atoms with Crippen molar-refractivity contribution in [3.8, 4) is 0 Å². The van der Waals surface area contributed by atoms with Crippen molar-refractivity contribution in [2.45, 2.75) is 32.2 Å². The first-order valence-corrected chi connectivity index (χ1v) is 11.8. The van der Waals surface area contributed by atoms with Crippen LogP contribution >= 0.6 is 0 Å². The van der Waals surface area contributed by atoms with E-state index in [-0.39, 0.29) is 5.04 Å². The number of aromatic nitrogens is 2. The third kappa shape index (κ3) is 4.75. The highest BCUT2D eigenvalue weighted by Gasteiger charge is 2.49. The van der Waals surface area contributed by atoms with E-state index >= 15 is 0 Å². The van der Waals surface area contributed by atoms with Crippen LogP contribution in [-0.4, -0.2) is 36.1 Å². The van der Waals surface area contributed by atoms with Crippen molar-refractivity contribution in [1.29, 1.82) is 0 Å². The minimum absolute atomic E-state index is 0.0914. The number of amides is 1. The molecule has 6 nitrogen and oxygen atoms in total. The molecule has 3 aromatic rings. The summed E-state index contributed by atoms with van der Waals surface area (Å²) < 4.78 is 6.81. The van der Waals surface area contributed by atoms with E-state index in [1.54, 1.807) is 0 Å². The van der Waals surface area contributed by atoms with E-state index in [0.29, 0.717) is 24.5 Å². The van der Waals surface area contributed by atoms with E-state index in [2.05, 4.69) is 84.6 Å². The van der Waals surface area contributed by atoms with Crippen LogP contribution in [0.4, 0.5) is 10.5 Å². The second kappa shape index (κ2) is 9.19. The highest BCUT2D eigenvalue weighted by Crippen LogP contribution is 2.36. The van der Waals surface area contributed by atoms with Crippen molar-refractivity contribution in [2.24, 2.45) is 0 Å². The maximum absolute atomic E-state index is 10.7. The third-order valence-electron chi connectivity index (χ3n) is 5.02. The summed E-state index contributed by atoms with van der Waals surface area (Å²) in [5.41, 5.74) is 0.346. The Morgan fingerprint density at radius 1 is 0.967 bits per heavy atom. The monoisotopic (exact) mass is 421 g/mol. The van der Waals surface area contributed by atoms with Gasteiger partial charge in [-0.15, -0.1) is 0 Å². The predicted octanol–water partition coefficient (Wildman–Crippen LogP) is 3.69. The number of hydrogen-bond donors (Lipinski definition) is 2. The Kier molecular flexibility index (Phi) is 6.64. The Bertz CT molecular complexity index is 919. The molecule has 2 N–H and O–H groups in total. The topological polar surface area (TPSA) is 84.3 Å². The van der Waals surface area contributed by atoms with Crippen LogP contribution in [0.2, 0.25) is 5.04 Å². The van der Waals surface area contributed by atoms with Crippen LogP contribution < -0.4 is 15.7 Å². The zero-order valence-corrected chi connectivity index (χ0v) is 18.5. The van der Waals surface area contributed by atoms with Gasteiger partial charge < -0.3 is 9.53 Å². The van der Waals surface area contributed by atoms with Crippen LogP contribution in [0.5, 0.6) is 0 Å². The van der Waals surface area contributed by atoms with Gasteiger partial charge in [0.1, 0.15) is 5.82 Å². The lowest BCUT2D eigenvalue weighted by Gasteiger charge is -2.43. The van der Waals surface area contributed by atoms with Gasteiger partial charge in [-0.3, -0.25) is 5.32 Å². The first kappa shape index (κ1) is 21.7. The lowest BCUT2D eigenvalue weighted by Crippen LogP contribution is -2.66. The number of anilines is 1. The molecule has 30 heavy (non-hydrogen) atoms. The molecule has 0 radical (unpaired) electrons. The van der Waals surface area contributed by atoms with Gasteiger partial charge in [-0.25, -0.2) is 14.8 Å². The van der Waals surface area contributed by atoms with E-state index in [1.165, 1.54) is 22.8 Å². The fraction of sp³-hybridized carbons (Fsp3) is 0.261. The molecule has 156 valence electrons. The van der Waals surface area contributed by atoms with Gasteiger partial charge in [-0.05, 0) is 15.4 Å². The molecule has 0 atom stereocenters. The maximum Gasteiger partial charge on any atom is 0.409 e. The fourth-order valence-corrected chi connectivity index (χ4v) is 8.29. The van der Waals surface area contributed by atoms with Crippen molar-refractivity contribution in [3.63, 3.8) is 0 Å². The summed E-state index contributed by atoms with van der Waals surface area (Å²) in [6, 6.07) is 20.9. The summed E-state index contributed by atoms with van der Waals surface area (Å²) in [6.07, 6.45) is 2.34. The molecule has 0 saturated heterocycles. The number of rotatable bonds is 7. The van der Waals surface area contributed by atoms with E-state index in [4.69, 9.17) is 9.53 Å². The van der Waals surface area contributed by atoms with Crippen LogP contribution in [0.3, 0.4) is 0 Å². The average Bonchev–Trinajstić information content (AvgIpc) is 2.72. The fourth-order valence-electron chi connectivity index (χ4n) is 3.73. The van der Waals surface area contributed by atoms with E-state index < -0.39 is 14.4 Å². The van der Waals surface area contributed by atoms with Gasteiger partial charge in [-0.2, -0.15) is 0 Å². The smallest absolute Gasteiger partial charge is 0.409 e. The number of benzene rings is 2. The Labute approximate surface area is 178 Å². The molecule has 0 unspecified atom stereocenters. The van der Waals surface area contributed by atoms with Gasteiger partial charge in [0, 0.05) is 13.0 Å². The summed E-state index contributed by atoms with van der Waals surface area (Å²) in [5.74, 6) is 0.615. The van der Waals surface area contributed by atoms with Crippen LogP contribution in [0.1, 0.15) is 26.6 Å². The third-order valence-corrected chi connectivity index (χ3v) is 10.1. The molecule has 2 aromatic carbocycles. The SMILES string of the molecule is CC(C)(C)[Si](OCCc1ncc(NC(=O)O)cn1)(c1ccccc1)c1ccccc1. The lowest BCUT2D eigenvalue weighted by atomic mass is 10.2. The van der Waals surface area contributed by atoms with Crippen molar-refractivity contribution in [3.05, 3.63) is 78.9 Å². The van der Waals surface area contributed by atoms with Crippen molar-refractivity contribution >= 4 is 30.5 Å². The number of carboxylic acid groups (broad SMARTS) is 1. The predicted molar refractivity (Wildman–Crippen MR) is 121 cm³/mol. The van der Waals surface area contributed by atoms with Gasteiger partial charge in [-0.1, -0.05) is 81.4 Å². The van der Waals surface area contributed by atoms with Gasteiger partial charge in [0.25, 0.3) is 8.32 Å². The molecule has 3 rings (SSSR count). The summed E-state index contributed by atoms with van der Waals surface area (Å²) in [6.45, 7) is 7.19. The van der Waals surface area contributed by atoms with Crippen molar-refractivity contribution in [2.75, 3.05) is 11.9 Å². The van der Waals surface area contributed by atoms with E-state index in [0.717, 1.165) is 0 Å². The van der Waals surface area contributed by atoms with E-state index in [9.17, 15) is 4.79 Å². The maximum atomic E-state index is 10.7. The Balaban J connectivity index is 1.87. The summed E-state index contributed by atoms with van der Waals surface area (Å²) >= 11 is 0. The van der Waals surface area contributed by atoms with Crippen LogP contribution in [0.25, 0.3) is 0 Å². The van der Waals surface area contributed by atoms with Crippen molar-refractivity contribution < 1.29 is 14.3 Å². The van der Waals surface area contributed by atoms with Gasteiger partial charge in [0.15, 0.2) is 0 Å². The Morgan fingerprint density at radius 2 is 1.47 bits per heavy atom. The van der Waals surface area contributed by atoms with E-state index in [1.807, 2.05) is 12.1 Å². The molecule has 0 fully saturated rings. The summed E-state index contributed by atoms with van der Waals surface area (Å²) in [7, 11) is -2.58. The van der Waals surface area contributed by atoms with Gasteiger partial charge in [0.05, 0.1) is 18.1 Å².